The first kappa shape index (κ1) is 97.5. The molecular weight excluding hydrogens is 1290 g/mol. The number of aliphatic hydroxyl groups excluding tert-OH is 8. The number of carbonyl (C=O) groups excluding carboxylic acids is 1. The van der Waals surface area contributed by atoms with E-state index >= 15 is 0 Å². The Bertz CT molecular complexity index is 1820. The van der Waals surface area contributed by atoms with Gasteiger partial charge in [-0.1, -0.05) is 417 Å². The van der Waals surface area contributed by atoms with Crippen molar-refractivity contribution in [3.8, 4) is 0 Å². The standard InChI is InChI=1S/C89H171NO13/c1-3-5-7-9-11-13-15-17-19-21-23-25-27-29-31-33-34-35-36-37-38-39-40-41-42-43-44-45-47-49-51-53-55-57-59-61-63-65-67-69-71-73-81(94)90-77(76-100-88-86(99)84(97)87(80(75-92)102-88)103-89-85(98)83(96)82(95)79(74-91)101-89)78(93)72-70-68-66-64-62-60-58-56-54-52-50-48-46-32-30-28-26-24-22-20-18-16-14-12-10-8-6-4-2/h15,17,21,23,77-80,82-89,91-93,95-99H,3-14,16,18-20,22,24-76H2,1-2H3,(H,90,94)/b17-15-,23-21-. The molecule has 0 saturated carbocycles. The third-order valence-electron chi connectivity index (χ3n) is 22.4. The second-order valence-corrected chi connectivity index (χ2v) is 32.1. The topological polar surface area (TPSA) is 228 Å². The van der Waals surface area contributed by atoms with Gasteiger partial charge >= 0.3 is 0 Å². The van der Waals surface area contributed by atoms with Crippen molar-refractivity contribution in [3.63, 3.8) is 0 Å². The van der Waals surface area contributed by atoms with Crippen LogP contribution < -0.4 is 5.32 Å². The quantitative estimate of drug-likeness (QED) is 0.0204. The van der Waals surface area contributed by atoms with Crippen molar-refractivity contribution in [2.75, 3.05) is 19.8 Å². The highest BCUT2D eigenvalue weighted by atomic mass is 16.7. The zero-order valence-corrected chi connectivity index (χ0v) is 67.4. The Hall–Kier alpha value is -1.53. The smallest absolute Gasteiger partial charge is 0.220 e. The molecule has 0 spiro atoms. The van der Waals surface area contributed by atoms with Gasteiger partial charge in [-0.2, -0.15) is 0 Å². The highest BCUT2D eigenvalue weighted by Gasteiger charge is 2.51. The Kier molecular flexibility index (Phi) is 69.4. The minimum atomic E-state index is -1.78. The normalized spacial score (nSPS) is 21.6. The van der Waals surface area contributed by atoms with Crippen LogP contribution in [0.25, 0.3) is 0 Å². The maximum Gasteiger partial charge on any atom is 0.220 e. The molecule has 1 amide bonds. The first-order valence-electron chi connectivity index (χ1n) is 45.1. The fraction of sp³-hybridized carbons (Fsp3) is 0.944. The minimum absolute atomic E-state index is 0.195. The van der Waals surface area contributed by atoms with E-state index in [1.54, 1.807) is 0 Å². The van der Waals surface area contributed by atoms with E-state index in [1.165, 1.54) is 360 Å². The number of carbonyl (C=O) groups is 1. The Morgan fingerprint density at radius 1 is 0.350 bits per heavy atom. The van der Waals surface area contributed by atoms with E-state index in [9.17, 15) is 45.6 Å². The summed E-state index contributed by atoms with van der Waals surface area (Å²) in [5, 5.41) is 88.0. The van der Waals surface area contributed by atoms with Crippen LogP contribution in [0.4, 0.5) is 0 Å². The number of amides is 1. The zero-order valence-electron chi connectivity index (χ0n) is 67.4. The molecule has 12 unspecified atom stereocenters. The molecule has 0 aliphatic carbocycles. The molecule has 2 fully saturated rings. The number of nitrogens with one attached hydrogen (secondary N) is 1. The van der Waals surface area contributed by atoms with Crippen LogP contribution in [0.2, 0.25) is 0 Å². The number of hydrogen-bond donors (Lipinski definition) is 9. The summed E-state index contributed by atoms with van der Waals surface area (Å²) in [6, 6.07) is -0.828. The molecular formula is C89H171NO13. The lowest BCUT2D eigenvalue weighted by Gasteiger charge is -2.46. The molecule has 610 valence electrons. The van der Waals surface area contributed by atoms with Crippen LogP contribution >= 0.6 is 0 Å². The molecule has 2 aliphatic heterocycles. The first-order valence-corrected chi connectivity index (χ1v) is 45.1. The molecule has 14 nitrogen and oxygen atoms in total. The van der Waals surface area contributed by atoms with Crippen molar-refractivity contribution in [1.29, 1.82) is 0 Å². The summed E-state index contributed by atoms with van der Waals surface area (Å²) >= 11 is 0. The number of hydrogen-bond acceptors (Lipinski definition) is 13. The van der Waals surface area contributed by atoms with E-state index in [0.29, 0.717) is 12.8 Å². The number of unbranched alkanes of at least 4 members (excludes halogenated alkanes) is 61. The number of aliphatic hydroxyl groups is 8. The average Bonchev–Trinajstić information content (AvgIpc) is 0.791. The summed E-state index contributed by atoms with van der Waals surface area (Å²) in [7, 11) is 0. The molecule has 0 aromatic heterocycles. The molecule has 0 aromatic carbocycles. The summed E-state index contributed by atoms with van der Waals surface area (Å²) < 4.78 is 23.0. The van der Waals surface area contributed by atoms with Gasteiger partial charge in [-0.3, -0.25) is 4.79 Å². The van der Waals surface area contributed by atoms with E-state index in [4.69, 9.17) is 18.9 Å². The molecule has 2 saturated heterocycles. The van der Waals surface area contributed by atoms with Gasteiger partial charge in [-0.05, 0) is 44.9 Å². The van der Waals surface area contributed by atoms with Crippen molar-refractivity contribution in [2.45, 2.75) is 518 Å². The molecule has 12 atom stereocenters. The maximum atomic E-state index is 13.4. The SMILES string of the molecule is CCCCCCC/C=C\C/C=C\CCCCCCCCCCCCCCCCCCCCCCCCCCCCCCCC(=O)NC(COC1OC(CO)C(OC2OC(CO)C(O)C(O)C2O)C(O)C1O)C(O)CCCCCCCCCCCCCCCCCCCCCCCCCCCCCC. The van der Waals surface area contributed by atoms with Crippen LogP contribution in [0.15, 0.2) is 24.3 Å². The van der Waals surface area contributed by atoms with E-state index in [-0.39, 0.29) is 12.5 Å². The third-order valence-corrected chi connectivity index (χ3v) is 22.4. The second kappa shape index (κ2) is 73.3. The van der Waals surface area contributed by atoms with Gasteiger partial charge in [0.1, 0.15) is 48.8 Å². The predicted molar refractivity (Wildman–Crippen MR) is 429 cm³/mol. The highest BCUT2D eigenvalue weighted by molar-refractivity contribution is 5.76. The third kappa shape index (κ3) is 55.5. The molecule has 2 aliphatic rings. The molecule has 103 heavy (non-hydrogen) atoms. The number of rotatable bonds is 78. The number of allylic oxidation sites excluding steroid dienone is 4. The van der Waals surface area contributed by atoms with Gasteiger partial charge in [0.05, 0.1) is 32.0 Å². The van der Waals surface area contributed by atoms with Crippen LogP contribution in [0.5, 0.6) is 0 Å². The lowest BCUT2D eigenvalue weighted by Crippen LogP contribution is -2.65. The summed E-state index contributed by atoms with van der Waals surface area (Å²) in [4.78, 5) is 13.4. The lowest BCUT2D eigenvalue weighted by molar-refractivity contribution is -0.359. The average molecular weight is 1460 g/mol. The van der Waals surface area contributed by atoms with E-state index in [0.717, 1.165) is 57.8 Å². The van der Waals surface area contributed by atoms with E-state index in [1.807, 2.05) is 0 Å². The van der Waals surface area contributed by atoms with E-state index < -0.39 is 86.8 Å². The summed E-state index contributed by atoms with van der Waals surface area (Å²) in [6.45, 7) is 2.93. The van der Waals surface area contributed by atoms with Crippen LogP contribution in [-0.4, -0.2) is 140 Å². The van der Waals surface area contributed by atoms with Crippen LogP contribution in [0.3, 0.4) is 0 Å². The van der Waals surface area contributed by atoms with Gasteiger partial charge in [-0.25, -0.2) is 0 Å². The van der Waals surface area contributed by atoms with Gasteiger partial charge in [0.25, 0.3) is 0 Å². The van der Waals surface area contributed by atoms with Crippen molar-refractivity contribution in [3.05, 3.63) is 24.3 Å². The van der Waals surface area contributed by atoms with E-state index in [2.05, 4.69) is 43.5 Å². The fourth-order valence-electron chi connectivity index (χ4n) is 15.3. The predicted octanol–water partition coefficient (Wildman–Crippen LogP) is 21.8. The van der Waals surface area contributed by atoms with Gasteiger partial charge < -0.3 is 65.1 Å². The molecule has 0 aromatic rings. The molecule has 0 bridgehead atoms. The van der Waals surface area contributed by atoms with Crippen LogP contribution in [0.1, 0.15) is 444 Å². The highest BCUT2D eigenvalue weighted by Crippen LogP contribution is 2.31. The Balaban J connectivity index is 1.53. The van der Waals surface area contributed by atoms with Crippen molar-refractivity contribution < 1.29 is 64.6 Å². The van der Waals surface area contributed by atoms with Crippen molar-refractivity contribution in [1.82, 2.24) is 5.32 Å². The van der Waals surface area contributed by atoms with Gasteiger partial charge in [0.2, 0.25) is 5.91 Å². The molecule has 0 radical (unpaired) electrons. The first-order chi connectivity index (χ1) is 50.6. The monoisotopic (exact) mass is 1460 g/mol. The van der Waals surface area contributed by atoms with Gasteiger partial charge in [-0.15, -0.1) is 0 Å². The fourth-order valence-corrected chi connectivity index (χ4v) is 15.3. The summed E-state index contributed by atoms with van der Waals surface area (Å²) in [5.41, 5.74) is 0. The summed E-state index contributed by atoms with van der Waals surface area (Å²) in [5.74, 6) is -0.195. The van der Waals surface area contributed by atoms with Gasteiger partial charge in [0.15, 0.2) is 12.6 Å². The molecule has 9 N–H and O–H groups in total. The Labute approximate surface area is 634 Å². The molecule has 14 heteroatoms. The van der Waals surface area contributed by atoms with Crippen LogP contribution in [-0.2, 0) is 23.7 Å². The zero-order chi connectivity index (χ0) is 74.4. The minimum Gasteiger partial charge on any atom is -0.394 e. The Morgan fingerprint density at radius 2 is 0.641 bits per heavy atom. The Morgan fingerprint density at radius 3 is 0.971 bits per heavy atom. The van der Waals surface area contributed by atoms with Crippen molar-refractivity contribution >= 4 is 5.91 Å². The lowest BCUT2D eigenvalue weighted by atomic mass is 9.97. The van der Waals surface area contributed by atoms with Crippen molar-refractivity contribution in [2.24, 2.45) is 0 Å². The number of ether oxygens (including phenoxy) is 4. The molecule has 2 heterocycles. The maximum absolute atomic E-state index is 13.4. The van der Waals surface area contributed by atoms with Gasteiger partial charge in [0, 0.05) is 6.42 Å². The molecule has 2 rings (SSSR count). The second-order valence-electron chi connectivity index (χ2n) is 32.1. The summed E-state index contributed by atoms with van der Waals surface area (Å²) in [6.07, 6.45) is 79.8. The van der Waals surface area contributed by atoms with Crippen LogP contribution in [0, 0.1) is 0 Å². The largest absolute Gasteiger partial charge is 0.394 e.